The maximum atomic E-state index is 6.25. The van der Waals surface area contributed by atoms with E-state index in [1.807, 2.05) is 0 Å². The number of benzene rings is 1. The van der Waals surface area contributed by atoms with Crippen molar-refractivity contribution in [2.45, 2.75) is 45.4 Å². The van der Waals surface area contributed by atoms with Crippen LogP contribution in [-0.4, -0.2) is 19.5 Å². The summed E-state index contributed by atoms with van der Waals surface area (Å²) in [6.07, 6.45) is 2.14. The van der Waals surface area contributed by atoms with Crippen molar-refractivity contribution in [3.63, 3.8) is 0 Å². The summed E-state index contributed by atoms with van der Waals surface area (Å²) in [4.78, 5) is 0. The fraction of sp³-hybridized carbons (Fsp3) is 0.500. The van der Waals surface area contributed by atoms with Crippen LogP contribution in [0.1, 0.15) is 20.8 Å². The monoisotopic (exact) mass is 353 g/mol. The highest BCUT2D eigenvalue weighted by Crippen LogP contribution is 2.36. The minimum atomic E-state index is -1.64. The van der Waals surface area contributed by atoms with Crippen molar-refractivity contribution in [3.05, 3.63) is 34.9 Å². The lowest BCUT2D eigenvalue weighted by Crippen LogP contribution is -2.41. The van der Waals surface area contributed by atoms with Crippen molar-refractivity contribution >= 4 is 35.2 Å². The quantitative estimate of drug-likeness (QED) is 0.668. The van der Waals surface area contributed by atoms with Gasteiger partial charge in [-0.2, -0.15) is 0 Å². The maximum Gasteiger partial charge on any atom is 0.192 e. The second kappa shape index (κ2) is 5.66. The Kier molecular flexibility index (Phi) is 4.47. The van der Waals surface area contributed by atoms with Crippen LogP contribution >= 0.6 is 15.9 Å². The molecule has 1 aromatic heterocycles. The fourth-order valence-electron chi connectivity index (χ4n) is 1.98. The molecule has 0 aliphatic rings. The highest BCUT2D eigenvalue weighted by Gasteiger charge is 2.36. The van der Waals surface area contributed by atoms with Crippen LogP contribution in [0.5, 0.6) is 0 Å². The lowest BCUT2D eigenvalue weighted by molar-refractivity contribution is 0.273. The Balaban J connectivity index is 2.04. The van der Waals surface area contributed by atoms with E-state index in [-0.39, 0.29) is 5.04 Å². The van der Waals surface area contributed by atoms with Crippen LogP contribution in [0, 0.1) is 0 Å². The van der Waals surface area contributed by atoms with Crippen LogP contribution < -0.4 is 0 Å². The summed E-state index contributed by atoms with van der Waals surface area (Å²) in [5, 5.41) is 1.54. The Morgan fingerprint density at radius 2 is 1.90 bits per heavy atom. The van der Waals surface area contributed by atoms with Crippen molar-refractivity contribution in [1.82, 2.24) is 4.57 Å². The molecule has 0 N–H and O–H groups in total. The Morgan fingerprint density at radius 1 is 1.20 bits per heavy atom. The largest absolute Gasteiger partial charge is 0.415 e. The van der Waals surface area contributed by atoms with E-state index < -0.39 is 8.32 Å². The highest BCUT2D eigenvalue weighted by atomic mass is 79.9. The van der Waals surface area contributed by atoms with Crippen LogP contribution in [0.25, 0.3) is 10.9 Å². The van der Waals surface area contributed by atoms with Crippen molar-refractivity contribution in [2.24, 2.45) is 0 Å². The van der Waals surface area contributed by atoms with E-state index in [0.717, 1.165) is 17.6 Å². The predicted molar refractivity (Wildman–Crippen MR) is 92.8 cm³/mol. The van der Waals surface area contributed by atoms with E-state index in [4.69, 9.17) is 4.43 Å². The molecule has 4 heteroatoms. The van der Waals surface area contributed by atoms with E-state index in [1.54, 1.807) is 0 Å². The Hall–Kier alpha value is -0.583. The summed E-state index contributed by atoms with van der Waals surface area (Å²) in [6, 6.07) is 8.56. The van der Waals surface area contributed by atoms with Crippen LogP contribution in [0.3, 0.4) is 0 Å². The van der Waals surface area contributed by atoms with Gasteiger partial charge in [0.1, 0.15) is 0 Å². The molecule has 2 rings (SSSR count). The maximum absolute atomic E-state index is 6.25. The first kappa shape index (κ1) is 15.8. The van der Waals surface area contributed by atoms with E-state index in [9.17, 15) is 0 Å². The Labute approximate surface area is 131 Å². The number of hydrogen-bond donors (Lipinski definition) is 0. The second-order valence-electron chi connectivity index (χ2n) is 6.82. The number of hydrogen-bond acceptors (Lipinski definition) is 1. The molecule has 0 atom stereocenters. The van der Waals surface area contributed by atoms with Crippen molar-refractivity contribution in [2.75, 3.05) is 6.61 Å². The summed E-state index contributed by atoms with van der Waals surface area (Å²) in [7, 11) is -1.64. The third-order valence-corrected chi connectivity index (χ3v) is 9.37. The Bertz CT molecular complexity index is 598. The molecule has 0 spiro atoms. The number of halogens is 1. The van der Waals surface area contributed by atoms with Gasteiger partial charge in [0.15, 0.2) is 8.32 Å². The van der Waals surface area contributed by atoms with E-state index >= 15 is 0 Å². The smallest absolute Gasteiger partial charge is 0.192 e. The van der Waals surface area contributed by atoms with Gasteiger partial charge in [0.2, 0.25) is 0 Å². The van der Waals surface area contributed by atoms with Crippen LogP contribution in [-0.2, 0) is 11.0 Å². The molecule has 0 aliphatic heterocycles. The highest BCUT2D eigenvalue weighted by molar-refractivity contribution is 9.10. The average molecular weight is 354 g/mol. The first-order valence-electron chi connectivity index (χ1n) is 7.09. The van der Waals surface area contributed by atoms with Crippen LogP contribution in [0.2, 0.25) is 18.1 Å². The molecular formula is C16H24BrNOSi. The van der Waals surface area contributed by atoms with Gasteiger partial charge in [0.25, 0.3) is 0 Å². The molecule has 0 saturated heterocycles. The molecule has 1 aromatic carbocycles. The van der Waals surface area contributed by atoms with E-state index in [0.29, 0.717) is 0 Å². The third-order valence-electron chi connectivity index (χ3n) is 4.33. The molecule has 20 heavy (non-hydrogen) atoms. The molecule has 2 aromatic rings. The zero-order valence-corrected chi connectivity index (χ0v) is 15.6. The van der Waals surface area contributed by atoms with Gasteiger partial charge in [0, 0.05) is 28.1 Å². The molecule has 0 fully saturated rings. The first-order chi connectivity index (χ1) is 9.21. The third kappa shape index (κ3) is 3.35. The Morgan fingerprint density at radius 3 is 2.55 bits per heavy atom. The molecular weight excluding hydrogens is 330 g/mol. The standard InChI is InChI=1S/C16H24BrNOSi/c1-16(2,3)20(4,5)19-11-10-18-9-8-13-12-14(17)6-7-15(13)18/h6-9,12H,10-11H2,1-5H3. The van der Waals surface area contributed by atoms with Gasteiger partial charge in [-0.05, 0) is 42.4 Å². The van der Waals surface area contributed by atoms with Gasteiger partial charge in [0.05, 0.1) is 6.61 Å². The minimum absolute atomic E-state index is 0.274. The zero-order valence-electron chi connectivity index (χ0n) is 13.0. The average Bonchev–Trinajstić information content (AvgIpc) is 2.70. The van der Waals surface area contributed by atoms with E-state index in [2.05, 4.69) is 84.8 Å². The van der Waals surface area contributed by atoms with Gasteiger partial charge in [-0.1, -0.05) is 36.7 Å². The lowest BCUT2D eigenvalue weighted by atomic mass is 10.2. The molecule has 0 aliphatic carbocycles. The first-order valence-corrected chi connectivity index (χ1v) is 10.8. The van der Waals surface area contributed by atoms with Gasteiger partial charge in [-0.15, -0.1) is 0 Å². The molecule has 0 radical (unpaired) electrons. The number of rotatable bonds is 4. The van der Waals surface area contributed by atoms with Gasteiger partial charge < -0.3 is 8.99 Å². The molecule has 110 valence electrons. The lowest BCUT2D eigenvalue weighted by Gasteiger charge is -2.36. The summed E-state index contributed by atoms with van der Waals surface area (Å²) < 4.78 is 9.65. The van der Waals surface area contributed by atoms with Gasteiger partial charge in [-0.3, -0.25) is 0 Å². The van der Waals surface area contributed by atoms with Crippen LogP contribution in [0.15, 0.2) is 34.9 Å². The SMILES string of the molecule is CC(C)(C)[Si](C)(C)OCCn1ccc2cc(Br)ccc21. The second-order valence-corrected chi connectivity index (χ2v) is 12.5. The van der Waals surface area contributed by atoms with E-state index in [1.165, 1.54) is 10.9 Å². The van der Waals surface area contributed by atoms with Gasteiger partial charge in [-0.25, -0.2) is 0 Å². The number of nitrogens with zero attached hydrogens (tertiary/aromatic N) is 1. The summed E-state index contributed by atoms with van der Waals surface area (Å²) >= 11 is 3.51. The van der Waals surface area contributed by atoms with Crippen molar-refractivity contribution in [3.8, 4) is 0 Å². The molecule has 0 bridgehead atoms. The molecule has 0 saturated carbocycles. The summed E-state index contributed by atoms with van der Waals surface area (Å²) in [6.45, 7) is 13.1. The topological polar surface area (TPSA) is 14.2 Å². The molecule has 2 nitrogen and oxygen atoms in total. The summed E-state index contributed by atoms with van der Waals surface area (Å²) in [5.74, 6) is 0. The van der Waals surface area contributed by atoms with Crippen LogP contribution in [0.4, 0.5) is 0 Å². The number of aromatic nitrogens is 1. The predicted octanol–water partition coefficient (Wildman–Crippen LogP) is 5.43. The summed E-state index contributed by atoms with van der Waals surface area (Å²) in [5.41, 5.74) is 1.27. The minimum Gasteiger partial charge on any atom is -0.415 e. The van der Waals surface area contributed by atoms with Gasteiger partial charge >= 0.3 is 0 Å². The fourth-order valence-corrected chi connectivity index (χ4v) is 3.40. The number of fused-ring (bicyclic) bond motifs is 1. The normalized spacial score (nSPS) is 13.1. The molecule has 0 unspecified atom stereocenters. The molecule has 0 amide bonds. The molecule has 1 heterocycles. The zero-order chi connectivity index (χ0) is 15.0. The van der Waals surface area contributed by atoms with Crippen molar-refractivity contribution < 1.29 is 4.43 Å². The van der Waals surface area contributed by atoms with Crippen molar-refractivity contribution in [1.29, 1.82) is 0 Å².